The van der Waals surface area contributed by atoms with E-state index in [0.29, 0.717) is 11.1 Å². The minimum absolute atomic E-state index is 0.0471. The predicted octanol–water partition coefficient (Wildman–Crippen LogP) is 5.28. The van der Waals surface area contributed by atoms with Crippen LogP contribution in [-0.2, 0) is 32.3 Å². The summed E-state index contributed by atoms with van der Waals surface area (Å²) in [5, 5.41) is 21.0. The van der Waals surface area contributed by atoms with Gasteiger partial charge in [-0.25, -0.2) is 8.42 Å². The van der Waals surface area contributed by atoms with Crippen molar-refractivity contribution in [3.63, 3.8) is 0 Å². The average Bonchev–Trinajstić information content (AvgIpc) is 2.65. The molecule has 0 saturated carbocycles. The van der Waals surface area contributed by atoms with Gasteiger partial charge in [0.1, 0.15) is 5.75 Å². The SMILES string of the molecule is Cc1ccc(C(C)C)c(CC(=O)CS(=O)(=O)c2cc(C(C)(C)O)cc(C(C)(C)O)c2)c1C(C)C. The first-order valence-corrected chi connectivity index (χ1v) is 13.5. The first-order valence-electron chi connectivity index (χ1n) is 11.8. The van der Waals surface area contributed by atoms with Crippen LogP contribution in [0.3, 0.4) is 0 Å². The molecule has 0 heterocycles. The zero-order valence-electron chi connectivity index (χ0n) is 22.0. The lowest BCUT2D eigenvalue weighted by atomic mass is 9.84. The van der Waals surface area contributed by atoms with E-state index in [2.05, 4.69) is 33.8 Å². The van der Waals surface area contributed by atoms with Crippen LogP contribution in [0, 0.1) is 6.92 Å². The highest BCUT2D eigenvalue weighted by atomic mass is 32.2. The summed E-state index contributed by atoms with van der Waals surface area (Å²) in [5.41, 5.74) is 2.29. The van der Waals surface area contributed by atoms with Crippen molar-refractivity contribution >= 4 is 15.6 Å². The van der Waals surface area contributed by atoms with Gasteiger partial charge < -0.3 is 10.2 Å². The molecule has 0 unspecified atom stereocenters. The number of hydrogen-bond acceptors (Lipinski definition) is 5. The molecular weight excluding hydrogens is 448 g/mol. The Bertz CT molecular complexity index is 1130. The highest BCUT2D eigenvalue weighted by molar-refractivity contribution is 7.92. The lowest BCUT2D eigenvalue weighted by Crippen LogP contribution is -2.24. The Hall–Kier alpha value is -2.02. The maximum absolute atomic E-state index is 13.3. The molecule has 0 spiro atoms. The number of aliphatic hydroxyl groups is 2. The van der Waals surface area contributed by atoms with E-state index in [-0.39, 0.29) is 28.9 Å². The second kappa shape index (κ2) is 9.92. The van der Waals surface area contributed by atoms with Crippen molar-refractivity contribution in [2.45, 2.75) is 96.7 Å². The van der Waals surface area contributed by atoms with Gasteiger partial charge in [0, 0.05) is 6.42 Å². The van der Waals surface area contributed by atoms with Crippen LogP contribution in [0.4, 0.5) is 0 Å². The lowest BCUT2D eigenvalue weighted by Gasteiger charge is -2.24. The lowest BCUT2D eigenvalue weighted by molar-refractivity contribution is -0.116. The molecule has 2 rings (SSSR count). The summed E-state index contributed by atoms with van der Waals surface area (Å²) in [7, 11) is -3.99. The smallest absolute Gasteiger partial charge is 0.185 e. The normalized spacial score (nSPS) is 13.1. The van der Waals surface area contributed by atoms with Crippen molar-refractivity contribution in [2.24, 2.45) is 0 Å². The minimum Gasteiger partial charge on any atom is -0.386 e. The Kier molecular flexibility index (Phi) is 8.23. The number of sulfone groups is 1. The van der Waals surface area contributed by atoms with Crippen molar-refractivity contribution in [3.05, 3.63) is 63.7 Å². The molecule has 0 aliphatic heterocycles. The highest BCUT2D eigenvalue weighted by Gasteiger charge is 2.28. The predicted molar refractivity (Wildman–Crippen MR) is 137 cm³/mol. The van der Waals surface area contributed by atoms with Crippen LogP contribution >= 0.6 is 0 Å². The summed E-state index contributed by atoms with van der Waals surface area (Å²) in [5.74, 6) is -0.615. The summed E-state index contributed by atoms with van der Waals surface area (Å²) < 4.78 is 26.6. The van der Waals surface area contributed by atoms with Gasteiger partial charge in [0.05, 0.1) is 16.1 Å². The molecule has 0 bridgehead atoms. The number of benzene rings is 2. The average molecular weight is 489 g/mol. The van der Waals surface area contributed by atoms with Crippen LogP contribution in [-0.4, -0.2) is 30.2 Å². The number of Topliss-reactive ketones (excluding diaryl/α,β-unsaturated/α-hetero) is 1. The van der Waals surface area contributed by atoms with Crippen LogP contribution in [0.25, 0.3) is 0 Å². The first kappa shape index (κ1) is 28.2. The van der Waals surface area contributed by atoms with E-state index < -0.39 is 26.8 Å². The van der Waals surface area contributed by atoms with Gasteiger partial charge in [0.25, 0.3) is 0 Å². The van der Waals surface area contributed by atoms with Crippen LogP contribution in [0.5, 0.6) is 0 Å². The Morgan fingerprint density at radius 3 is 1.79 bits per heavy atom. The second-order valence-corrected chi connectivity index (χ2v) is 13.0. The molecule has 6 heteroatoms. The molecule has 0 radical (unpaired) electrons. The van der Waals surface area contributed by atoms with Crippen molar-refractivity contribution in [1.82, 2.24) is 0 Å². The highest BCUT2D eigenvalue weighted by Crippen LogP contribution is 2.32. The van der Waals surface area contributed by atoms with E-state index >= 15 is 0 Å². The molecule has 0 aromatic heterocycles. The molecule has 34 heavy (non-hydrogen) atoms. The van der Waals surface area contributed by atoms with Gasteiger partial charge in [-0.1, -0.05) is 45.9 Å². The van der Waals surface area contributed by atoms with E-state index in [1.807, 2.05) is 13.0 Å². The van der Waals surface area contributed by atoms with Gasteiger partial charge in [-0.3, -0.25) is 4.79 Å². The zero-order valence-corrected chi connectivity index (χ0v) is 22.8. The summed E-state index contributed by atoms with van der Waals surface area (Å²) in [6.07, 6.45) is 0.0471. The number of carbonyl (C=O) groups excluding carboxylic acids is 1. The fourth-order valence-electron chi connectivity index (χ4n) is 4.37. The number of hydrogen-bond donors (Lipinski definition) is 2. The van der Waals surface area contributed by atoms with Crippen molar-refractivity contribution in [1.29, 1.82) is 0 Å². The van der Waals surface area contributed by atoms with Gasteiger partial charge in [0.15, 0.2) is 15.6 Å². The summed E-state index contributed by atoms with van der Waals surface area (Å²) in [4.78, 5) is 13.1. The van der Waals surface area contributed by atoms with E-state index in [1.165, 1.54) is 12.1 Å². The molecule has 188 valence electrons. The Morgan fingerprint density at radius 2 is 1.38 bits per heavy atom. The van der Waals surface area contributed by atoms with Crippen LogP contribution < -0.4 is 0 Å². The van der Waals surface area contributed by atoms with Crippen molar-refractivity contribution < 1.29 is 23.4 Å². The third-order valence-corrected chi connectivity index (χ3v) is 7.87. The fourth-order valence-corrected chi connectivity index (χ4v) is 5.67. The van der Waals surface area contributed by atoms with Gasteiger partial charge in [-0.15, -0.1) is 0 Å². The summed E-state index contributed by atoms with van der Waals surface area (Å²) in [6.45, 7) is 16.5. The molecule has 5 nitrogen and oxygen atoms in total. The standard InChI is InChI=1S/C28H40O5S/c1-17(2)24-11-10-19(5)26(18(3)4)25(24)15-22(29)16-34(32,33)23-13-20(27(6,7)30)12-21(14-23)28(8,9)31/h10-14,17-18,30-31H,15-16H2,1-9H3. The molecule has 0 fully saturated rings. The van der Waals surface area contributed by atoms with Gasteiger partial charge in [-0.2, -0.15) is 0 Å². The number of rotatable bonds is 9. The summed E-state index contributed by atoms with van der Waals surface area (Å²) in [6, 6.07) is 8.48. The molecule has 0 saturated heterocycles. The topological polar surface area (TPSA) is 91.7 Å². The number of ketones is 1. The quantitative estimate of drug-likeness (QED) is 0.501. The van der Waals surface area contributed by atoms with E-state index in [9.17, 15) is 23.4 Å². The molecular formula is C28H40O5S. The molecule has 2 aromatic carbocycles. The minimum atomic E-state index is -3.99. The number of carbonyl (C=O) groups is 1. The molecule has 0 atom stereocenters. The molecule has 0 aliphatic rings. The van der Waals surface area contributed by atoms with Gasteiger partial charge in [0.2, 0.25) is 0 Å². The van der Waals surface area contributed by atoms with Crippen molar-refractivity contribution in [2.75, 3.05) is 5.75 Å². The monoisotopic (exact) mass is 488 g/mol. The summed E-state index contributed by atoms with van der Waals surface area (Å²) >= 11 is 0. The molecule has 2 aromatic rings. The maximum Gasteiger partial charge on any atom is 0.185 e. The second-order valence-electron chi connectivity index (χ2n) is 11.0. The third kappa shape index (κ3) is 6.55. The molecule has 0 amide bonds. The van der Waals surface area contributed by atoms with Crippen LogP contribution in [0.2, 0.25) is 0 Å². The Labute approximate surface area is 205 Å². The van der Waals surface area contributed by atoms with Gasteiger partial charge in [-0.05, 0) is 92.0 Å². The Morgan fingerprint density at radius 1 is 0.882 bits per heavy atom. The van der Waals surface area contributed by atoms with E-state index in [1.54, 1.807) is 33.8 Å². The van der Waals surface area contributed by atoms with Crippen LogP contribution in [0.1, 0.15) is 101 Å². The van der Waals surface area contributed by atoms with E-state index in [0.717, 1.165) is 22.3 Å². The molecule has 0 aliphatic carbocycles. The first-order chi connectivity index (χ1) is 15.3. The zero-order chi connectivity index (χ0) is 26.2. The fraction of sp³-hybridized carbons (Fsp3) is 0.536. The Balaban J connectivity index is 2.50. The largest absolute Gasteiger partial charge is 0.386 e. The van der Waals surface area contributed by atoms with Crippen LogP contribution in [0.15, 0.2) is 35.2 Å². The van der Waals surface area contributed by atoms with E-state index in [4.69, 9.17) is 0 Å². The maximum atomic E-state index is 13.3. The number of aryl methyl sites for hydroxylation is 1. The van der Waals surface area contributed by atoms with Crippen molar-refractivity contribution in [3.8, 4) is 0 Å². The molecule has 2 N–H and O–H groups in total. The third-order valence-electron chi connectivity index (χ3n) is 6.21. The van der Waals surface area contributed by atoms with Gasteiger partial charge >= 0.3 is 0 Å².